The first-order valence-electron chi connectivity index (χ1n) is 4.78. The highest BCUT2D eigenvalue weighted by Crippen LogP contribution is 2.23. The molecule has 1 aliphatic rings. The molecule has 0 aliphatic heterocycles. The molecule has 14 heavy (non-hydrogen) atoms. The maximum Gasteiger partial charge on any atom is 0.0314 e. The molecular formula is C12H14N2. The molecule has 1 aromatic carbocycles. The molecule has 0 unspecified atom stereocenters. The largest absolute Gasteiger partial charge is 0.402 e. The second kappa shape index (κ2) is 3.58. The van der Waals surface area contributed by atoms with Crippen LogP contribution in [0.1, 0.15) is 18.4 Å². The second-order valence-corrected chi connectivity index (χ2v) is 3.54. The highest BCUT2D eigenvalue weighted by molar-refractivity contribution is 5.76. The highest BCUT2D eigenvalue weighted by atomic mass is 14.6. The number of anilines is 1. The van der Waals surface area contributed by atoms with Crippen LogP contribution in [0.25, 0.3) is 5.57 Å². The van der Waals surface area contributed by atoms with E-state index in [1.807, 2.05) is 30.3 Å². The van der Waals surface area contributed by atoms with Gasteiger partial charge in [-0.2, -0.15) is 0 Å². The number of hydrogen-bond acceptors (Lipinski definition) is 2. The molecule has 0 fully saturated rings. The predicted molar refractivity (Wildman–Crippen MR) is 60.3 cm³/mol. The van der Waals surface area contributed by atoms with E-state index >= 15 is 0 Å². The fraction of sp³-hybridized carbons (Fsp3) is 0.167. The molecule has 2 heteroatoms. The van der Waals surface area contributed by atoms with Crippen LogP contribution in [0.3, 0.4) is 0 Å². The monoisotopic (exact) mass is 186 g/mol. The Bertz CT molecular complexity index is 385. The van der Waals surface area contributed by atoms with E-state index in [-0.39, 0.29) is 0 Å². The Hall–Kier alpha value is -1.70. The van der Waals surface area contributed by atoms with Crippen molar-refractivity contribution in [3.63, 3.8) is 0 Å². The van der Waals surface area contributed by atoms with Gasteiger partial charge in [0, 0.05) is 11.4 Å². The maximum atomic E-state index is 5.79. The highest BCUT2D eigenvalue weighted by Gasteiger charge is 2.04. The Morgan fingerprint density at radius 2 is 1.71 bits per heavy atom. The summed E-state index contributed by atoms with van der Waals surface area (Å²) in [7, 11) is 0. The summed E-state index contributed by atoms with van der Waals surface area (Å²) in [5, 5.41) is 0. The van der Waals surface area contributed by atoms with E-state index in [9.17, 15) is 0 Å². The number of rotatable bonds is 1. The fourth-order valence-corrected chi connectivity index (χ4v) is 1.60. The normalized spacial score (nSPS) is 16.0. The van der Waals surface area contributed by atoms with Gasteiger partial charge in [0.05, 0.1) is 0 Å². The molecule has 4 N–H and O–H groups in total. The average Bonchev–Trinajstić information content (AvgIpc) is 2.19. The Labute approximate surface area is 83.9 Å². The average molecular weight is 186 g/mol. The van der Waals surface area contributed by atoms with Crippen LogP contribution in [-0.4, -0.2) is 0 Å². The standard InChI is InChI=1S/C12H14N2/c13-11-6-4-9(5-7-11)10-2-1-3-12(14)8-10/h2,4-8H,1,3,13-14H2. The van der Waals surface area contributed by atoms with Crippen molar-refractivity contribution in [1.82, 2.24) is 0 Å². The van der Waals surface area contributed by atoms with Gasteiger partial charge in [-0.15, -0.1) is 0 Å². The van der Waals surface area contributed by atoms with Crippen LogP contribution in [0.5, 0.6) is 0 Å². The van der Waals surface area contributed by atoms with Crippen LogP contribution in [0.4, 0.5) is 5.69 Å². The Morgan fingerprint density at radius 1 is 1.00 bits per heavy atom. The molecule has 2 nitrogen and oxygen atoms in total. The van der Waals surface area contributed by atoms with Crippen LogP contribution in [0, 0.1) is 0 Å². The molecule has 0 saturated carbocycles. The van der Waals surface area contributed by atoms with E-state index in [1.54, 1.807) is 0 Å². The van der Waals surface area contributed by atoms with Gasteiger partial charge >= 0.3 is 0 Å². The van der Waals surface area contributed by atoms with Gasteiger partial charge in [-0.1, -0.05) is 18.2 Å². The van der Waals surface area contributed by atoms with Gasteiger partial charge in [0.15, 0.2) is 0 Å². The van der Waals surface area contributed by atoms with E-state index in [2.05, 4.69) is 6.08 Å². The lowest BCUT2D eigenvalue weighted by Gasteiger charge is -2.10. The van der Waals surface area contributed by atoms with Gasteiger partial charge in [0.1, 0.15) is 0 Å². The third-order valence-corrected chi connectivity index (χ3v) is 2.38. The number of nitrogens with two attached hydrogens (primary N) is 2. The molecule has 1 aliphatic carbocycles. The number of allylic oxidation sites excluding steroid dienone is 4. The first-order chi connectivity index (χ1) is 6.75. The molecular weight excluding hydrogens is 172 g/mol. The maximum absolute atomic E-state index is 5.79. The molecule has 2 rings (SSSR count). The molecule has 1 aromatic rings. The first-order valence-corrected chi connectivity index (χ1v) is 4.78. The summed E-state index contributed by atoms with van der Waals surface area (Å²) in [5.74, 6) is 0. The number of nitrogen functional groups attached to an aromatic ring is 1. The van der Waals surface area contributed by atoms with Crippen LogP contribution >= 0.6 is 0 Å². The summed E-state index contributed by atoms with van der Waals surface area (Å²) in [5.41, 5.74) is 15.5. The van der Waals surface area contributed by atoms with Crippen LogP contribution in [-0.2, 0) is 0 Å². The Morgan fingerprint density at radius 3 is 2.36 bits per heavy atom. The number of hydrogen-bond donors (Lipinski definition) is 2. The molecule has 0 aromatic heterocycles. The van der Waals surface area contributed by atoms with Crippen molar-refractivity contribution in [2.75, 3.05) is 5.73 Å². The Kier molecular flexibility index (Phi) is 2.27. The summed E-state index contributed by atoms with van der Waals surface area (Å²) in [6, 6.07) is 7.87. The van der Waals surface area contributed by atoms with E-state index in [1.165, 1.54) is 11.1 Å². The van der Waals surface area contributed by atoms with Gasteiger partial charge in [-0.3, -0.25) is 0 Å². The lowest BCUT2D eigenvalue weighted by molar-refractivity contribution is 0.948. The molecule has 0 amide bonds. The Balaban J connectivity index is 2.32. The summed E-state index contributed by atoms with van der Waals surface area (Å²) in [6.07, 6.45) is 6.25. The topological polar surface area (TPSA) is 52.0 Å². The van der Waals surface area contributed by atoms with Crippen molar-refractivity contribution in [3.05, 3.63) is 47.7 Å². The lowest BCUT2D eigenvalue weighted by atomic mass is 9.98. The van der Waals surface area contributed by atoms with Gasteiger partial charge in [0.25, 0.3) is 0 Å². The van der Waals surface area contributed by atoms with Gasteiger partial charge in [0.2, 0.25) is 0 Å². The van der Waals surface area contributed by atoms with Crippen LogP contribution < -0.4 is 11.5 Å². The quantitative estimate of drug-likeness (QED) is 0.661. The van der Waals surface area contributed by atoms with Crippen LogP contribution in [0.15, 0.2) is 42.1 Å². The molecule has 0 bridgehead atoms. The third-order valence-electron chi connectivity index (χ3n) is 2.38. The van der Waals surface area contributed by atoms with Gasteiger partial charge in [-0.25, -0.2) is 0 Å². The van der Waals surface area contributed by atoms with Crippen molar-refractivity contribution >= 4 is 11.3 Å². The number of benzene rings is 1. The first kappa shape index (κ1) is 8.88. The zero-order valence-electron chi connectivity index (χ0n) is 8.03. The van der Waals surface area contributed by atoms with Crippen molar-refractivity contribution in [2.45, 2.75) is 12.8 Å². The minimum absolute atomic E-state index is 0.794. The lowest BCUT2D eigenvalue weighted by Crippen LogP contribution is -2.01. The van der Waals surface area contributed by atoms with Crippen LogP contribution in [0.2, 0.25) is 0 Å². The second-order valence-electron chi connectivity index (χ2n) is 3.54. The summed E-state index contributed by atoms with van der Waals surface area (Å²) >= 11 is 0. The van der Waals surface area contributed by atoms with E-state index in [0.717, 1.165) is 24.2 Å². The zero-order valence-corrected chi connectivity index (χ0v) is 8.03. The SMILES string of the molecule is NC1=CC(c2ccc(N)cc2)=CCC1. The molecule has 0 heterocycles. The smallest absolute Gasteiger partial charge is 0.0314 e. The van der Waals surface area contributed by atoms with E-state index in [4.69, 9.17) is 11.5 Å². The molecule has 0 atom stereocenters. The van der Waals surface area contributed by atoms with Gasteiger partial charge in [-0.05, 0) is 42.2 Å². The zero-order chi connectivity index (χ0) is 9.97. The molecule has 0 radical (unpaired) electrons. The van der Waals surface area contributed by atoms with Crippen molar-refractivity contribution in [2.24, 2.45) is 5.73 Å². The molecule has 0 spiro atoms. The van der Waals surface area contributed by atoms with Gasteiger partial charge < -0.3 is 11.5 Å². The van der Waals surface area contributed by atoms with Crippen molar-refractivity contribution in [3.8, 4) is 0 Å². The minimum atomic E-state index is 0.794. The third kappa shape index (κ3) is 1.79. The van der Waals surface area contributed by atoms with E-state index < -0.39 is 0 Å². The minimum Gasteiger partial charge on any atom is -0.402 e. The summed E-state index contributed by atoms with van der Waals surface area (Å²) in [4.78, 5) is 0. The molecule has 72 valence electrons. The van der Waals surface area contributed by atoms with Crippen molar-refractivity contribution in [1.29, 1.82) is 0 Å². The van der Waals surface area contributed by atoms with E-state index in [0.29, 0.717) is 0 Å². The summed E-state index contributed by atoms with van der Waals surface area (Å²) < 4.78 is 0. The molecule has 0 saturated heterocycles. The van der Waals surface area contributed by atoms with Crippen molar-refractivity contribution < 1.29 is 0 Å². The fourth-order valence-electron chi connectivity index (χ4n) is 1.60. The predicted octanol–water partition coefficient (Wildman–Crippen LogP) is 2.29. The summed E-state index contributed by atoms with van der Waals surface area (Å²) in [6.45, 7) is 0.